The van der Waals surface area contributed by atoms with E-state index in [0.29, 0.717) is 5.92 Å². The van der Waals surface area contributed by atoms with Crippen molar-refractivity contribution in [2.45, 2.75) is 45.1 Å². The first-order valence-electron chi connectivity index (χ1n) is 5.82. The summed E-state index contributed by atoms with van der Waals surface area (Å²) >= 11 is 0. The third kappa shape index (κ3) is 2.12. The van der Waals surface area contributed by atoms with E-state index < -0.39 is 11.5 Å². The molecule has 2 rings (SSSR count). The maximum atomic E-state index is 12.2. The number of carboxylic acid groups (broad SMARTS) is 1. The number of carboxylic acids is 1. The Morgan fingerprint density at radius 3 is 2.35 bits per heavy atom. The Morgan fingerprint density at radius 1 is 1.35 bits per heavy atom. The molecule has 0 aromatic carbocycles. The van der Waals surface area contributed by atoms with Crippen LogP contribution in [0.3, 0.4) is 0 Å². The zero-order valence-electron chi connectivity index (χ0n) is 10.4. The van der Waals surface area contributed by atoms with Crippen molar-refractivity contribution in [3.63, 3.8) is 0 Å². The minimum absolute atomic E-state index is 0.149. The quantitative estimate of drug-likeness (QED) is 0.854. The molecular weight excluding hydrogens is 218 g/mol. The molecule has 0 bridgehead atoms. The van der Waals surface area contributed by atoms with Gasteiger partial charge in [0.1, 0.15) is 5.56 Å². The number of hydrogen-bond donors (Lipinski definition) is 1. The van der Waals surface area contributed by atoms with Crippen LogP contribution in [0.4, 0.5) is 0 Å². The van der Waals surface area contributed by atoms with Gasteiger partial charge in [-0.25, -0.2) is 4.79 Å². The molecule has 1 aromatic rings. The highest BCUT2D eigenvalue weighted by Crippen LogP contribution is 2.40. The van der Waals surface area contributed by atoms with Crippen molar-refractivity contribution in [2.24, 2.45) is 0 Å². The van der Waals surface area contributed by atoms with Crippen LogP contribution >= 0.6 is 0 Å². The summed E-state index contributed by atoms with van der Waals surface area (Å²) in [5, 5.41) is 8.99. The molecule has 1 aromatic heterocycles. The van der Waals surface area contributed by atoms with E-state index in [1.165, 1.54) is 6.07 Å². The Balaban J connectivity index is 2.69. The van der Waals surface area contributed by atoms with E-state index in [1.807, 2.05) is 20.8 Å². The number of rotatable bonds is 2. The zero-order chi connectivity index (χ0) is 12.8. The van der Waals surface area contributed by atoms with Crippen LogP contribution in [0.1, 0.15) is 55.6 Å². The molecule has 0 saturated heterocycles. The van der Waals surface area contributed by atoms with E-state index in [9.17, 15) is 9.59 Å². The molecule has 92 valence electrons. The first-order valence-corrected chi connectivity index (χ1v) is 5.82. The monoisotopic (exact) mass is 235 g/mol. The minimum atomic E-state index is -1.16. The predicted octanol–water partition coefficient (Wildman–Crippen LogP) is 2.18. The second-order valence-corrected chi connectivity index (χ2v) is 5.56. The van der Waals surface area contributed by atoms with Crippen LogP contribution < -0.4 is 5.56 Å². The fraction of sp³-hybridized carbons (Fsp3) is 0.538. The standard InChI is InChI=1S/C13H17NO3/c1-13(2,3)14-10(8-4-5-8)7-6-9(11(14)15)12(16)17/h6-8H,4-5H2,1-3H3,(H,16,17). The number of carbonyl (C=O) groups is 1. The lowest BCUT2D eigenvalue weighted by Gasteiger charge is -2.26. The lowest BCUT2D eigenvalue weighted by molar-refractivity contribution is 0.0693. The van der Waals surface area contributed by atoms with Crippen LogP contribution in [-0.4, -0.2) is 15.6 Å². The highest BCUT2D eigenvalue weighted by molar-refractivity contribution is 5.87. The molecule has 0 aliphatic heterocycles. The van der Waals surface area contributed by atoms with E-state index in [0.717, 1.165) is 18.5 Å². The molecule has 0 radical (unpaired) electrons. The summed E-state index contributed by atoms with van der Waals surface area (Å²) in [6, 6.07) is 3.22. The van der Waals surface area contributed by atoms with E-state index in [-0.39, 0.29) is 11.1 Å². The van der Waals surface area contributed by atoms with Gasteiger partial charge in [0.25, 0.3) is 5.56 Å². The van der Waals surface area contributed by atoms with Crippen LogP contribution in [0, 0.1) is 0 Å². The van der Waals surface area contributed by atoms with E-state index in [4.69, 9.17) is 5.11 Å². The summed E-state index contributed by atoms with van der Waals surface area (Å²) in [5.41, 5.74) is 0.0340. The smallest absolute Gasteiger partial charge is 0.341 e. The van der Waals surface area contributed by atoms with Crippen molar-refractivity contribution >= 4 is 5.97 Å². The summed E-state index contributed by atoms with van der Waals surface area (Å²) in [6.45, 7) is 5.77. The molecule has 0 unspecified atom stereocenters. The SMILES string of the molecule is CC(C)(C)n1c(C2CC2)ccc(C(=O)O)c1=O. The molecule has 1 N–H and O–H groups in total. The van der Waals surface area contributed by atoms with Crippen LogP contribution in [0.2, 0.25) is 0 Å². The molecule has 0 spiro atoms. The van der Waals surface area contributed by atoms with Gasteiger partial charge in [0.05, 0.1) is 0 Å². The highest BCUT2D eigenvalue weighted by Gasteiger charge is 2.31. The lowest BCUT2D eigenvalue weighted by Crippen LogP contribution is -2.38. The number of aromatic carboxylic acids is 1. The molecule has 1 heterocycles. The van der Waals surface area contributed by atoms with Gasteiger partial charge in [0.15, 0.2) is 0 Å². The van der Waals surface area contributed by atoms with Gasteiger partial charge in [-0.3, -0.25) is 4.79 Å². The molecule has 1 saturated carbocycles. The Labute approximate surface area is 99.9 Å². The molecule has 0 amide bonds. The molecule has 1 aliphatic carbocycles. The first kappa shape index (κ1) is 11.9. The van der Waals surface area contributed by atoms with Crippen molar-refractivity contribution in [1.29, 1.82) is 0 Å². The summed E-state index contributed by atoms with van der Waals surface area (Å²) in [6.07, 6.45) is 2.17. The van der Waals surface area contributed by atoms with Crippen LogP contribution in [0.25, 0.3) is 0 Å². The van der Waals surface area contributed by atoms with Crippen molar-refractivity contribution in [2.75, 3.05) is 0 Å². The van der Waals surface area contributed by atoms with Gasteiger partial charge >= 0.3 is 5.97 Å². The van der Waals surface area contributed by atoms with Gasteiger partial charge in [-0.15, -0.1) is 0 Å². The van der Waals surface area contributed by atoms with Crippen LogP contribution in [0.15, 0.2) is 16.9 Å². The van der Waals surface area contributed by atoms with E-state index >= 15 is 0 Å². The van der Waals surface area contributed by atoms with Crippen LogP contribution in [0.5, 0.6) is 0 Å². The second kappa shape index (κ2) is 3.72. The second-order valence-electron chi connectivity index (χ2n) is 5.56. The van der Waals surface area contributed by atoms with Gasteiger partial charge in [0, 0.05) is 11.2 Å². The normalized spacial score (nSPS) is 15.9. The maximum Gasteiger partial charge on any atom is 0.341 e. The summed E-state index contributed by atoms with van der Waals surface area (Å²) in [5.74, 6) is -0.736. The average molecular weight is 235 g/mol. The Bertz CT molecular complexity index is 518. The fourth-order valence-electron chi connectivity index (χ4n) is 2.10. The minimum Gasteiger partial charge on any atom is -0.477 e. The molecular formula is C13H17NO3. The van der Waals surface area contributed by atoms with E-state index in [2.05, 4.69) is 0 Å². The number of nitrogens with zero attached hydrogens (tertiary/aromatic N) is 1. The van der Waals surface area contributed by atoms with Gasteiger partial charge in [-0.05, 0) is 51.7 Å². The van der Waals surface area contributed by atoms with Gasteiger partial charge in [0.2, 0.25) is 0 Å². The summed E-state index contributed by atoms with van der Waals surface area (Å²) in [7, 11) is 0. The largest absolute Gasteiger partial charge is 0.477 e. The summed E-state index contributed by atoms with van der Waals surface area (Å²) in [4.78, 5) is 23.2. The Morgan fingerprint density at radius 2 is 1.94 bits per heavy atom. The molecule has 1 fully saturated rings. The third-order valence-corrected chi connectivity index (χ3v) is 3.01. The Hall–Kier alpha value is -1.58. The number of pyridine rings is 1. The number of hydrogen-bond acceptors (Lipinski definition) is 2. The third-order valence-electron chi connectivity index (χ3n) is 3.01. The van der Waals surface area contributed by atoms with Crippen molar-refractivity contribution in [3.8, 4) is 0 Å². The van der Waals surface area contributed by atoms with Gasteiger partial charge < -0.3 is 9.67 Å². The molecule has 1 aliphatic rings. The Kier molecular flexibility index (Phi) is 2.60. The van der Waals surface area contributed by atoms with Gasteiger partial charge in [-0.2, -0.15) is 0 Å². The van der Waals surface area contributed by atoms with E-state index in [1.54, 1.807) is 10.6 Å². The first-order chi connectivity index (χ1) is 7.82. The number of aromatic nitrogens is 1. The van der Waals surface area contributed by atoms with Crippen molar-refractivity contribution in [3.05, 3.63) is 33.7 Å². The predicted molar refractivity (Wildman–Crippen MR) is 64.6 cm³/mol. The fourth-order valence-corrected chi connectivity index (χ4v) is 2.10. The maximum absolute atomic E-state index is 12.2. The van der Waals surface area contributed by atoms with Crippen molar-refractivity contribution in [1.82, 2.24) is 4.57 Å². The molecule has 4 nitrogen and oxygen atoms in total. The molecule has 0 atom stereocenters. The van der Waals surface area contributed by atoms with Crippen molar-refractivity contribution < 1.29 is 9.90 Å². The molecule has 17 heavy (non-hydrogen) atoms. The average Bonchev–Trinajstić information content (AvgIpc) is 2.97. The zero-order valence-corrected chi connectivity index (χ0v) is 10.4. The summed E-state index contributed by atoms with van der Waals surface area (Å²) < 4.78 is 1.63. The van der Waals surface area contributed by atoms with Crippen LogP contribution in [-0.2, 0) is 5.54 Å². The molecule has 4 heteroatoms. The van der Waals surface area contributed by atoms with Gasteiger partial charge in [-0.1, -0.05) is 0 Å². The topological polar surface area (TPSA) is 59.3 Å². The highest BCUT2D eigenvalue weighted by atomic mass is 16.4. The lowest BCUT2D eigenvalue weighted by atomic mass is 10.0.